The summed E-state index contributed by atoms with van der Waals surface area (Å²) in [5.41, 5.74) is -0.0589. The van der Waals surface area contributed by atoms with Crippen molar-refractivity contribution in [2.45, 2.75) is 58.1 Å². The number of hydrogen-bond donors (Lipinski definition) is 2. The molecule has 0 spiro atoms. The molecule has 2 rings (SSSR count). The van der Waals surface area contributed by atoms with Gasteiger partial charge in [0.15, 0.2) is 5.96 Å². The molecular formula is C19H38N4O2. The van der Waals surface area contributed by atoms with Crippen LogP contribution in [0.3, 0.4) is 0 Å². The van der Waals surface area contributed by atoms with Gasteiger partial charge in [0, 0.05) is 45.9 Å². The second kappa shape index (κ2) is 10.3. The van der Waals surface area contributed by atoms with Crippen LogP contribution in [-0.2, 0) is 9.47 Å². The van der Waals surface area contributed by atoms with Gasteiger partial charge in [0.2, 0.25) is 0 Å². The molecule has 0 bridgehead atoms. The molecule has 2 saturated heterocycles. The second-order valence-corrected chi connectivity index (χ2v) is 7.50. The number of guanidine groups is 1. The third-order valence-electron chi connectivity index (χ3n) is 5.74. The molecule has 2 atom stereocenters. The van der Waals surface area contributed by atoms with Crippen LogP contribution in [0, 0.1) is 5.92 Å². The molecule has 2 N–H and O–H groups in total. The fourth-order valence-electron chi connectivity index (χ4n) is 4.00. The number of hydrogen-bond acceptors (Lipinski definition) is 4. The van der Waals surface area contributed by atoms with E-state index >= 15 is 0 Å². The summed E-state index contributed by atoms with van der Waals surface area (Å²) in [5, 5.41) is 7.01. The van der Waals surface area contributed by atoms with Gasteiger partial charge in [0.25, 0.3) is 0 Å². The van der Waals surface area contributed by atoms with Crippen molar-refractivity contribution in [2.24, 2.45) is 10.9 Å². The minimum absolute atomic E-state index is 0.0589. The maximum atomic E-state index is 5.86. The van der Waals surface area contributed by atoms with Gasteiger partial charge in [0.05, 0.1) is 18.8 Å². The van der Waals surface area contributed by atoms with E-state index in [9.17, 15) is 0 Å². The van der Waals surface area contributed by atoms with Crippen molar-refractivity contribution in [2.75, 3.05) is 53.0 Å². The summed E-state index contributed by atoms with van der Waals surface area (Å²) in [6.45, 7) is 13.1. The number of aliphatic imine (C=N–C) groups is 1. The van der Waals surface area contributed by atoms with Crippen molar-refractivity contribution < 1.29 is 9.47 Å². The minimum Gasteiger partial charge on any atom is -0.379 e. The molecule has 6 nitrogen and oxygen atoms in total. The Hall–Kier alpha value is -0.850. The molecule has 0 saturated carbocycles. The average Bonchev–Trinajstić information content (AvgIpc) is 3.08. The first-order valence-corrected chi connectivity index (χ1v) is 10.0. The van der Waals surface area contributed by atoms with Crippen LogP contribution < -0.4 is 10.6 Å². The molecule has 0 radical (unpaired) electrons. The Morgan fingerprint density at radius 3 is 2.44 bits per heavy atom. The Kier molecular flexibility index (Phi) is 8.46. The summed E-state index contributed by atoms with van der Waals surface area (Å²) in [6, 6.07) is 0.524. The van der Waals surface area contributed by atoms with Crippen molar-refractivity contribution in [3.63, 3.8) is 0 Å². The first kappa shape index (κ1) is 20.5. The van der Waals surface area contributed by atoms with E-state index in [0.29, 0.717) is 12.0 Å². The van der Waals surface area contributed by atoms with Crippen LogP contribution >= 0.6 is 0 Å². The van der Waals surface area contributed by atoms with E-state index in [-0.39, 0.29) is 5.60 Å². The molecule has 0 aromatic carbocycles. The third kappa shape index (κ3) is 6.12. The van der Waals surface area contributed by atoms with Crippen molar-refractivity contribution in [1.29, 1.82) is 0 Å². The highest BCUT2D eigenvalue weighted by Crippen LogP contribution is 2.24. The topological polar surface area (TPSA) is 58.1 Å². The van der Waals surface area contributed by atoms with E-state index in [2.05, 4.69) is 41.3 Å². The fraction of sp³-hybridized carbons (Fsp3) is 0.947. The lowest BCUT2D eigenvalue weighted by molar-refractivity contribution is 0.00260. The zero-order valence-electron chi connectivity index (χ0n) is 16.6. The van der Waals surface area contributed by atoms with E-state index in [1.54, 1.807) is 0 Å². The van der Waals surface area contributed by atoms with Crippen LogP contribution in [0.25, 0.3) is 0 Å². The highest BCUT2D eigenvalue weighted by atomic mass is 16.5. The molecule has 0 aromatic heterocycles. The molecule has 146 valence electrons. The van der Waals surface area contributed by atoms with Crippen molar-refractivity contribution in [1.82, 2.24) is 15.5 Å². The molecule has 0 aromatic rings. The Balaban J connectivity index is 1.88. The number of rotatable bonds is 8. The largest absolute Gasteiger partial charge is 0.379 e. The molecule has 2 aliphatic heterocycles. The normalized spacial score (nSPS) is 26.8. The van der Waals surface area contributed by atoms with Crippen LogP contribution in [0.4, 0.5) is 0 Å². The zero-order chi connectivity index (χ0) is 18.1. The summed E-state index contributed by atoms with van der Waals surface area (Å²) in [7, 11) is 1.84. The monoisotopic (exact) mass is 354 g/mol. The standard InChI is InChI=1S/C19H38N4O2/c1-5-16(6-2)17(23-9-12-24-13-10-23)14-21-18(20-4)22-15-19(3)8-7-11-25-19/h16-17H,5-15H2,1-4H3,(H2,20,21,22). The lowest BCUT2D eigenvalue weighted by atomic mass is 9.92. The Morgan fingerprint density at radius 1 is 1.16 bits per heavy atom. The minimum atomic E-state index is -0.0589. The van der Waals surface area contributed by atoms with Gasteiger partial charge in [0.1, 0.15) is 0 Å². The van der Waals surface area contributed by atoms with Gasteiger partial charge < -0.3 is 20.1 Å². The molecule has 25 heavy (non-hydrogen) atoms. The van der Waals surface area contributed by atoms with Crippen LogP contribution in [0.2, 0.25) is 0 Å². The van der Waals surface area contributed by atoms with E-state index < -0.39 is 0 Å². The third-order valence-corrected chi connectivity index (χ3v) is 5.74. The zero-order valence-corrected chi connectivity index (χ0v) is 16.6. The Morgan fingerprint density at radius 2 is 1.88 bits per heavy atom. The molecule has 2 heterocycles. The summed E-state index contributed by atoms with van der Waals surface area (Å²) in [6.07, 6.45) is 4.68. The van der Waals surface area contributed by atoms with E-state index in [1.807, 2.05) is 7.05 Å². The van der Waals surface area contributed by atoms with Gasteiger partial charge in [-0.05, 0) is 25.7 Å². The first-order chi connectivity index (χ1) is 12.1. The predicted molar refractivity (Wildman–Crippen MR) is 103 cm³/mol. The number of nitrogens with one attached hydrogen (secondary N) is 2. The first-order valence-electron chi connectivity index (χ1n) is 10.0. The second-order valence-electron chi connectivity index (χ2n) is 7.50. The van der Waals surface area contributed by atoms with E-state index in [0.717, 1.165) is 64.8 Å². The summed E-state index contributed by atoms with van der Waals surface area (Å²) < 4.78 is 11.4. The van der Waals surface area contributed by atoms with E-state index in [1.165, 1.54) is 12.8 Å². The lowest BCUT2D eigenvalue weighted by Gasteiger charge is -2.39. The van der Waals surface area contributed by atoms with Gasteiger partial charge in [-0.1, -0.05) is 26.7 Å². The summed E-state index contributed by atoms with van der Waals surface area (Å²) >= 11 is 0. The summed E-state index contributed by atoms with van der Waals surface area (Å²) in [4.78, 5) is 6.99. The van der Waals surface area contributed by atoms with E-state index in [4.69, 9.17) is 9.47 Å². The average molecular weight is 355 g/mol. The molecule has 0 amide bonds. The molecule has 6 heteroatoms. The molecular weight excluding hydrogens is 316 g/mol. The summed E-state index contributed by atoms with van der Waals surface area (Å²) in [5.74, 6) is 1.57. The smallest absolute Gasteiger partial charge is 0.191 e. The predicted octanol–water partition coefficient (Wildman–Crippen LogP) is 1.86. The number of morpholine rings is 1. The SMILES string of the molecule is CCC(CC)C(CNC(=NC)NCC1(C)CCCO1)N1CCOCC1. The molecule has 2 fully saturated rings. The lowest BCUT2D eigenvalue weighted by Crippen LogP contribution is -2.54. The van der Waals surface area contributed by atoms with Crippen LogP contribution in [0.1, 0.15) is 46.5 Å². The maximum absolute atomic E-state index is 5.86. The van der Waals surface area contributed by atoms with Crippen molar-refractivity contribution in [3.8, 4) is 0 Å². The van der Waals surface area contributed by atoms with Crippen LogP contribution in [0.15, 0.2) is 4.99 Å². The highest BCUT2D eigenvalue weighted by Gasteiger charge is 2.30. The van der Waals surface area contributed by atoms with Gasteiger partial charge in [-0.15, -0.1) is 0 Å². The van der Waals surface area contributed by atoms with Gasteiger partial charge in [-0.25, -0.2) is 0 Å². The van der Waals surface area contributed by atoms with Gasteiger partial charge in [-0.2, -0.15) is 0 Å². The molecule has 0 aliphatic carbocycles. The van der Waals surface area contributed by atoms with Crippen molar-refractivity contribution >= 4 is 5.96 Å². The molecule has 2 aliphatic rings. The Labute approximate surface area is 153 Å². The van der Waals surface area contributed by atoms with Crippen LogP contribution in [-0.4, -0.2) is 75.5 Å². The maximum Gasteiger partial charge on any atom is 0.191 e. The van der Waals surface area contributed by atoms with Gasteiger partial charge >= 0.3 is 0 Å². The number of nitrogens with zero attached hydrogens (tertiary/aromatic N) is 2. The quantitative estimate of drug-likeness (QED) is 0.515. The van der Waals surface area contributed by atoms with Crippen LogP contribution in [0.5, 0.6) is 0 Å². The molecule has 2 unspecified atom stereocenters. The highest BCUT2D eigenvalue weighted by molar-refractivity contribution is 5.79. The van der Waals surface area contributed by atoms with Gasteiger partial charge in [-0.3, -0.25) is 9.89 Å². The Bertz CT molecular complexity index is 400. The van der Waals surface area contributed by atoms with Crippen molar-refractivity contribution in [3.05, 3.63) is 0 Å². The number of ether oxygens (including phenoxy) is 2. The fourth-order valence-corrected chi connectivity index (χ4v) is 4.00.